The van der Waals surface area contributed by atoms with Crippen LogP contribution in [0.2, 0.25) is 0 Å². The van der Waals surface area contributed by atoms with Gasteiger partial charge in [0.1, 0.15) is 5.52 Å². The minimum absolute atomic E-state index is 0.00415. The van der Waals surface area contributed by atoms with E-state index in [1.807, 2.05) is 25.1 Å². The number of anilines is 1. The molecule has 0 aliphatic carbocycles. The van der Waals surface area contributed by atoms with Gasteiger partial charge in [-0.3, -0.25) is 4.79 Å². The molecule has 1 amide bonds. The molecule has 5 heteroatoms. The molecule has 1 aromatic carbocycles. The lowest BCUT2D eigenvalue weighted by Crippen LogP contribution is -2.21. The zero-order chi connectivity index (χ0) is 13.0. The first-order valence-electron chi connectivity index (χ1n) is 6.07. The smallest absolute Gasteiger partial charge is 0.225 e. The Kier molecular flexibility index (Phi) is 3.94. The number of amides is 1. The van der Waals surface area contributed by atoms with Gasteiger partial charge in [-0.15, -0.1) is 0 Å². The predicted octanol–water partition coefficient (Wildman–Crippen LogP) is 2.07. The molecule has 1 aromatic heterocycles. The van der Waals surface area contributed by atoms with Crippen molar-refractivity contribution in [3.63, 3.8) is 0 Å². The van der Waals surface area contributed by atoms with Crippen LogP contribution in [0.15, 0.2) is 22.6 Å². The Morgan fingerprint density at radius 1 is 1.44 bits per heavy atom. The number of rotatable bonds is 5. The maximum Gasteiger partial charge on any atom is 0.225 e. The third kappa shape index (κ3) is 3.07. The van der Waals surface area contributed by atoms with Crippen LogP contribution in [-0.4, -0.2) is 24.0 Å². The lowest BCUT2D eigenvalue weighted by molar-refractivity contribution is -0.116. The third-order valence-electron chi connectivity index (χ3n) is 2.56. The average Bonchev–Trinajstić information content (AvgIpc) is 2.69. The van der Waals surface area contributed by atoms with Crippen LogP contribution in [-0.2, 0) is 4.79 Å². The number of fused-ring (bicyclic) bond motifs is 1. The van der Waals surface area contributed by atoms with Crippen molar-refractivity contribution in [3.05, 3.63) is 24.1 Å². The Balaban J connectivity index is 2.00. The van der Waals surface area contributed by atoms with Crippen molar-refractivity contribution >= 4 is 22.7 Å². The van der Waals surface area contributed by atoms with Crippen LogP contribution < -0.4 is 10.6 Å². The van der Waals surface area contributed by atoms with E-state index in [0.717, 1.165) is 23.3 Å². The van der Waals surface area contributed by atoms with Crippen molar-refractivity contribution < 1.29 is 9.21 Å². The van der Waals surface area contributed by atoms with Crippen LogP contribution >= 0.6 is 0 Å². The average molecular weight is 247 g/mol. The Bertz CT molecular complexity index is 548. The lowest BCUT2D eigenvalue weighted by Gasteiger charge is -2.05. The van der Waals surface area contributed by atoms with E-state index in [1.165, 1.54) is 0 Å². The molecule has 0 spiro atoms. The molecule has 0 bridgehead atoms. The Morgan fingerprint density at radius 3 is 3.06 bits per heavy atom. The van der Waals surface area contributed by atoms with E-state index < -0.39 is 0 Å². The van der Waals surface area contributed by atoms with Crippen LogP contribution in [0.4, 0.5) is 5.69 Å². The highest BCUT2D eigenvalue weighted by molar-refractivity contribution is 5.92. The van der Waals surface area contributed by atoms with Crippen LogP contribution in [0.5, 0.6) is 0 Å². The summed E-state index contributed by atoms with van der Waals surface area (Å²) < 4.78 is 5.37. The summed E-state index contributed by atoms with van der Waals surface area (Å²) >= 11 is 0. The summed E-state index contributed by atoms with van der Waals surface area (Å²) in [6.45, 7) is 5.37. The molecule has 5 nitrogen and oxygen atoms in total. The number of hydrogen-bond donors (Lipinski definition) is 2. The van der Waals surface area contributed by atoms with Crippen molar-refractivity contribution in [2.24, 2.45) is 0 Å². The fraction of sp³-hybridized carbons (Fsp3) is 0.385. The Morgan fingerprint density at radius 2 is 2.28 bits per heavy atom. The molecule has 0 unspecified atom stereocenters. The highest BCUT2D eigenvalue weighted by atomic mass is 16.3. The van der Waals surface area contributed by atoms with Gasteiger partial charge in [-0.05, 0) is 24.7 Å². The summed E-state index contributed by atoms with van der Waals surface area (Å²) in [5, 5.41) is 5.95. The van der Waals surface area contributed by atoms with Crippen LogP contribution in [0, 0.1) is 6.92 Å². The Labute approximate surface area is 106 Å². The maximum atomic E-state index is 11.6. The fourth-order valence-electron chi connectivity index (χ4n) is 1.72. The quantitative estimate of drug-likeness (QED) is 0.794. The molecule has 0 aliphatic heterocycles. The molecule has 0 saturated carbocycles. The van der Waals surface area contributed by atoms with E-state index in [9.17, 15) is 4.79 Å². The molecule has 2 rings (SSSR count). The van der Waals surface area contributed by atoms with Gasteiger partial charge in [0.2, 0.25) is 5.91 Å². The van der Waals surface area contributed by atoms with E-state index in [2.05, 4.69) is 15.6 Å². The van der Waals surface area contributed by atoms with Gasteiger partial charge in [0.25, 0.3) is 0 Å². The van der Waals surface area contributed by atoms with Gasteiger partial charge in [0.05, 0.1) is 0 Å². The topological polar surface area (TPSA) is 67.2 Å². The van der Waals surface area contributed by atoms with Crippen LogP contribution in [0.3, 0.4) is 0 Å². The largest absolute Gasteiger partial charge is 0.441 e. The molecule has 0 fully saturated rings. The van der Waals surface area contributed by atoms with Gasteiger partial charge in [-0.25, -0.2) is 4.98 Å². The first-order chi connectivity index (χ1) is 8.69. The summed E-state index contributed by atoms with van der Waals surface area (Å²) in [6.07, 6.45) is 0.462. The number of aryl methyl sites for hydroxylation is 1. The van der Waals surface area contributed by atoms with Gasteiger partial charge in [0.15, 0.2) is 11.5 Å². The number of nitrogens with zero attached hydrogens (tertiary/aromatic N) is 1. The SMILES string of the molecule is CCNCCC(=O)Nc1ccc2oc(C)nc2c1. The minimum atomic E-state index is -0.00415. The molecule has 0 aliphatic rings. The number of nitrogens with one attached hydrogen (secondary N) is 2. The highest BCUT2D eigenvalue weighted by Crippen LogP contribution is 2.19. The van der Waals surface area contributed by atoms with E-state index >= 15 is 0 Å². The zero-order valence-electron chi connectivity index (χ0n) is 10.6. The molecule has 2 N–H and O–H groups in total. The molecular weight excluding hydrogens is 230 g/mol. The molecule has 18 heavy (non-hydrogen) atoms. The molecular formula is C13H17N3O2. The normalized spacial score (nSPS) is 10.8. The highest BCUT2D eigenvalue weighted by Gasteiger charge is 2.05. The number of hydrogen-bond acceptors (Lipinski definition) is 4. The lowest BCUT2D eigenvalue weighted by atomic mass is 10.2. The van der Waals surface area contributed by atoms with E-state index in [1.54, 1.807) is 6.92 Å². The first kappa shape index (κ1) is 12.6. The second-order valence-electron chi connectivity index (χ2n) is 4.07. The summed E-state index contributed by atoms with van der Waals surface area (Å²) in [7, 11) is 0. The molecule has 0 radical (unpaired) electrons. The number of aromatic nitrogens is 1. The molecule has 0 atom stereocenters. The standard InChI is InChI=1S/C13H17N3O2/c1-3-14-7-6-13(17)16-10-4-5-12-11(8-10)15-9(2)18-12/h4-5,8,14H,3,6-7H2,1-2H3,(H,16,17). The van der Waals surface area contributed by atoms with Crippen molar-refractivity contribution in [3.8, 4) is 0 Å². The number of benzene rings is 1. The van der Waals surface area contributed by atoms with E-state index in [-0.39, 0.29) is 5.91 Å². The number of carbonyl (C=O) groups excluding carboxylic acids is 1. The fourth-order valence-corrected chi connectivity index (χ4v) is 1.72. The van der Waals surface area contributed by atoms with Gasteiger partial charge >= 0.3 is 0 Å². The monoisotopic (exact) mass is 247 g/mol. The van der Waals surface area contributed by atoms with Crippen molar-refractivity contribution in [2.45, 2.75) is 20.3 Å². The predicted molar refractivity (Wildman–Crippen MR) is 70.5 cm³/mol. The number of oxazole rings is 1. The van der Waals surface area contributed by atoms with Crippen LogP contribution in [0.1, 0.15) is 19.2 Å². The molecule has 96 valence electrons. The third-order valence-corrected chi connectivity index (χ3v) is 2.56. The van der Waals surface area contributed by atoms with Crippen molar-refractivity contribution in [1.29, 1.82) is 0 Å². The van der Waals surface area contributed by atoms with E-state index in [0.29, 0.717) is 18.9 Å². The second kappa shape index (κ2) is 5.64. The van der Waals surface area contributed by atoms with Gasteiger partial charge in [-0.2, -0.15) is 0 Å². The van der Waals surface area contributed by atoms with E-state index in [4.69, 9.17) is 4.42 Å². The summed E-state index contributed by atoms with van der Waals surface area (Å²) in [6, 6.07) is 5.45. The summed E-state index contributed by atoms with van der Waals surface area (Å²) in [5.41, 5.74) is 2.24. The summed E-state index contributed by atoms with van der Waals surface area (Å²) in [5.74, 6) is 0.621. The second-order valence-corrected chi connectivity index (χ2v) is 4.07. The van der Waals surface area contributed by atoms with Gasteiger partial charge in [0, 0.05) is 25.6 Å². The van der Waals surface area contributed by atoms with Crippen molar-refractivity contribution in [2.75, 3.05) is 18.4 Å². The summed E-state index contributed by atoms with van der Waals surface area (Å²) in [4.78, 5) is 15.9. The molecule has 1 heterocycles. The minimum Gasteiger partial charge on any atom is -0.441 e. The van der Waals surface area contributed by atoms with Gasteiger partial charge in [-0.1, -0.05) is 6.92 Å². The molecule has 2 aromatic rings. The Hall–Kier alpha value is -1.88. The first-order valence-corrected chi connectivity index (χ1v) is 6.07. The van der Waals surface area contributed by atoms with Gasteiger partial charge < -0.3 is 15.1 Å². The zero-order valence-corrected chi connectivity index (χ0v) is 10.6. The maximum absolute atomic E-state index is 11.6. The molecule has 0 saturated heterocycles. The van der Waals surface area contributed by atoms with Crippen LogP contribution in [0.25, 0.3) is 11.1 Å². The number of carbonyl (C=O) groups is 1. The van der Waals surface area contributed by atoms with Crippen molar-refractivity contribution in [1.82, 2.24) is 10.3 Å².